The van der Waals surface area contributed by atoms with Gasteiger partial charge in [0.15, 0.2) is 6.10 Å². The summed E-state index contributed by atoms with van der Waals surface area (Å²) in [6.45, 7) is 7.87. The van der Waals surface area contributed by atoms with E-state index in [2.05, 4.69) is 6.58 Å². The second kappa shape index (κ2) is 7.10. The Hall–Kier alpha value is -3.16. The lowest BCUT2D eigenvalue weighted by Crippen LogP contribution is -2.43. The molecular weight excluding hydrogens is 366 g/mol. The highest BCUT2D eigenvalue weighted by Crippen LogP contribution is 2.36. The van der Waals surface area contributed by atoms with E-state index in [0.29, 0.717) is 11.3 Å². The first-order valence-corrected chi connectivity index (χ1v) is 8.82. The second-order valence-electron chi connectivity index (χ2n) is 6.89. The van der Waals surface area contributed by atoms with Crippen LogP contribution in [0, 0.1) is 0 Å². The second-order valence-corrected chi connectivity index (χ2v) is 6.89. The molecule has 1 aromatic rings. The largest absolute Gasteiger partial charge is 0.458 e. The van der Waals surface area contributed by atoms with Crippen LogP contribution >= 0.6 is 0 Å². The number of carbonyl (C=O) groups excluding carboxylic acids is 4. The normalized spacial score (nSPS) is 26.8. The number of cyclic esters (lactones) is 1. The summed E-state index contributed by atoms with van der Waals surface area (Å²) in [7, 11) is 0. The maximum atomic E-state index is 12.8. The molecule has 3 heterocycles. The van der Waals surface area contributed by atoms with Gasteiger partial charge in [-0.1, -0.05) is 12.7 Å². The minimum absolute atomic E-state index is 0.0198. The Bertz CT molecular complexity index is 923. The Morgan fingerprint density at radius 2 is 2.11 bits per heavy atom. The van der Waals surface area contributed by atoms with Crippen LogP contribution in [0.3, 0.4) is 0 Å². The summed E-state index contributed by atoms with van der Waals surface area (Å²) >= 11 is 0. The lowest BCUT2D eigenvalue weighted by atomic mass is 9.90. The van der Waals surface area contributed by atoms with E-state index in [1.165, 1.54) is 24.5 Å². The van der Waals surface area contributed by atoms with Crippen LogP contribution in [0.15, 0.2) is 36.1 Å². The summed E-state index contributed by atoms with van der Waals surface area (Å²) in [4.78, 5) is 49.2. The first-order chi connectivity index (χ1) is 13.2. The van der Waals surface area contributed by atoms with E-state index in [4.69, 9.17) is 14.2 Å². The SMILES string of the molecule is C=C1CC(=CC)C(=O)O[C@@H]2CC(=O)n3ccc(c32)COC(=O)[C@@]1(C)OC(C)=O. The monoisotopic (exact) mass is 387 g/mol. The maximum Gasteiger partial charge on any atom is 0.355 e. The molecule has 28 heavy (non-hydrogen) atoms. The van der Waals surface area contributed by atoms with Gasteiger partial charge in [-0.2, -0.15) is 0 Å². The number of hydrogen-bond donors (Lipinski definition) is 0. The van der Waals surface area contributed by atoms with Crippen molar-refractivity contribution in [2.75, 3.05) is 0 Å². The molecule has 0 spiro atoms. The Labute approximate surface area is 161 Å². The van der Waals surface area contributed by atoms with Crippen molar-refractivity contribution >= 4 is 23.8 Å². The van der Waals surface area contributed by atoms with Gasteiger partial charge in [-0.15, -0.1) is 0 Å². The summed E-state index contributed by atoms with van der Waals surface area (Å²) < 4.78 is 17.6. The van der Waals surface area contributed by atoms with Gasteiger partial charge in [0.1, 0.15) is 6.61 Å². The van der Waals surface area contributed by atoms with E-state index < -0.39 is 29.6 Å². The third kappa shape index (κ3) is 3.26. The van der Waals surface area contributed by atoms with Crippen LogP contribution in [-0.4, -0.2) is 34.0 Å². The number of rotatable bonds is 1. The van der Waals surface area contributed by atoms with Gasteiger partial charge in [0.25, 0.3) is 0 Å². The van der Waals surface area contributed by atoms with Gasteiger partial charge in [0.05, 0.1) is 12.1 Å². The van der Waals surface area contributed by atoms with Gasteiger partial charge in [-0.05, 0) is 25.5 Å². The smallest absolute Gasteiger partial charge is 0.355 e. The van der Waals surface area contributed by atoms with Crippen LogP contribution in [0.1, 0.15) is 55.8 Å². The third-order valence-corrected chi connectivity index (χ3v) is 4.98. The minimum Gasteiger partial charge on any atom is -0.458 e. The first-order valence-electron chi connectivity index (χ1n) is 8.82. The topological polar surface area (TPSA) is 101 Å². The standard InChI is InChI=1S/C20H21NO7/c1-5-13-8-11(2)20(4,28-12(3)22)19(25)26-10-14-6-7-21-16(23)9-15(17(14)21)27-18(13)24/h5-7,15H,2,8-10H2,1,3-4H3/t15-,20+/m1/s1. The summed E-state index contributed by atoms with van der Waals surface area (Å²) in [5.74, 6) is -2.33. The number of carbonyl (C=O) groups is 4. The van der Waals surface area contributed by atoms with Gasteiger partial charge in [0.2, 0.25) is 11.5 Å². The molecule has 2 atom stereocenters. The van der Waals surface area contributed by atoms with E-state index >= 15 is 0 Å². The Morgan fingerprint density at radius 1 is 1.39 bits per heavy atom. The summed E-state index contributed by atoms with van der Waals surface area (Å²) in [5.41, 5.74) is -0.336. The van der Waals surface area contributed by atoms with Crippen LogP contribution in [-0.2, 0) is 35.2 Å². The molecule has 0 fully saturated rings. The molecule has 0 saturated carbocycles. The van der Waals surface area contributed by atoms with Crippen LogP contribution in [0.2, 0.25) is 0 Å². The minimum atomic E-state index is -1.77. The predicted molar refractivity (Wildman–Crippen MR) is 96.0 cm³/mol. The maximum absolute atomic E-state index is 12.8. The zero-order valence-corrected chi connectivity index (χ0v) is 15.9. The number of hydrogen-bond acceptors (Lipinski definition) is 7. The van der Waals surface area contributed by atoms with Crippen molar-refractivity contribution in [3.05, 3.63) is 47.3 Å². The number of allylic oxidation sites excluding steroid dienone is 1. The van der Waals surface area contributed by atoms with E-state index in [1.807, 2.05) is 0 Å². The molecule has 0 aromatic carbocycles. The van der Waals surface area contributed by atoms with Crippen LogP contribution in [0.5, 0.6) is 0 Å². The molecule has 1 aromatic heterocycles. The molecule has 0 N–H and O–H groups in total. The van der Waals surface area contributed by atoms with E-state index in [1.54, 1.807) is 19.2 Å². The van der Waals surface area contributed by atoms with Gasteiger partial charge in [-0.25, -0.2) is 9.59 Å². The first kappa shape index (κ1) is 19.6. The number of aromatic nitrogens is 1. The van der Waals surface area contributed by atoms with Gasteiger partial charge >= 0.3 is 17.9 Å². The molecule has 8 nitrogen and oxygen atoms in total. The third-order valence-electron chi connectivity index (χ3n) is 4.98. The highest BCUT2D eigenvalue weighted by Gasteiger charge is 2.43. The molecular formula is C20H21NO7. The lowest BCUT2D eigenvalue weighted by molar-refractivity contribution is -0.176. The molecule has 0 saturated heterocycles. The van der Waals surface area contributed by atoms with Crippen LogP contribution in [0.25, 0.3) is 0 Å². The summed E-state index contributed by atoms with van der Waals surface area (Å²) in [6.07, 6.45) is 2.30. The highest BCUT2D eigenvalue weighted by molar-refractivity contribution is 5.92. The molecule has 0 bridgehead atoms. The van der Waals surface area contributed by atoms with Crippen molar-refractivity contribution in [2.24, 2.45) is 0 Å². The Kier molecular flexibility index (Phi) is 4.97. The van der Waals surface area contributed by atoms with Crippen molar-refractivity contribution in [3.8, 4) is 0 Å². The van der Waals surface area contributed by atoms with E-state index in [0.717, 1.165) is 0 Å². The van der Waals surface area contributed by atoms with E-state index in [-0.39, 0.29) is 36.5 Å². The zero-order chi connectivity index (χ0) is 20.6. The summed E-state index contributed by atoms with van der Waals surface area (Å²) in [5, 5.41) is 0. The molecule has 0 aliphatic carbocycles. The number of esters is 3. The molecule has 2 aliphatic rings. The Morgan fingerprint density at radius 3 is 2.75 bits per heavy atom. The average molecular weight is 387 g/mol. The lowest BCUT2D eigenvalue weighted by Gasteiger charge is -2.30. The zero-order valence-electron chi connectivity index (χ0n) is 15.9. The number of ether oxygens (including phenoxy) is 3. The summed E-state index contributed by atoms with van der Waals surface area (Å²) in [6, 6.07) is 1.63. The number of nitrogens with zero attached hydrogens (tertiary/aromatic N) is 1. The van der Waals surface area contributed by atoms with Crippen molar-refractivity contribution in [2.45, 2.75) is 51.9 Å². The van der Waals surface area contributed by atoms with Gasteiger partial charge in [-0.3, -0.25) is 14.2 Å². The average Bonchev–Trinajstić information content (AvgIpc) is 3.17. The van der Waals surface area contributed by atoms with Crippen molar-refractivity contribution < 1.29 is 33.4 Å². The fourth-order valence-corrected chi connectivity index (χ4v) is 3.36. The molecule has 0 unspecified atom stereocenters. The fraction of sp³-hybridized carbons (Fsp3) is 0.400. The highest BCUT2D eigenvalue weighted by atomic mass is 16.6. The molecule has 0 radical (unpaired) electrons. The van der Waals surface area contributed by atoms with Gasteiger partial charge < -0.3 is 14.2 Å². The molecule has 0 amide bonds. The van der Waals surface area contributed by atoms with Crippen LogP contribution < -0.4 is 0 Å². The van der Waals surface area contributed by atoms with Gasteiger partial charge in [0, 0.05) is 30.7 Å². The Balaban J connectivity index is 2.05. The van der Waals surface area contributed by atoms with Crippen molar-refractivity contribution in [3.63, 3.8) is 0 Å². The van der Waals surface area contributed by atoms with Crippen molar-refractivity contribution in [1.29, 1.82) is 0 Å². The molecule has 148 valence electrons. The molecule has 8 heteroatoms. The predicted octanol–water partition coefficient (Wildman–Crippen LogP) is 2.39. The van der Waals surface area contributed by atoms with Crippen LogP contribution in [0.4, 0.5) is 0 Å². The van der Waals surface area contributed by atoms with Crippen molar-refractivity contribution in [1.82, 2.24) is 4.57 Å². The fourth-order valence-electron chi connectivity index (χ4n) is 3.36. The van der Waals surface area contributed by atoms with E-state index in [9.17, 15) is 19.2 Å². The molecule has 3 rings (SSSR count). The molecule has 2 aliphatic heterocycles. The quantitative estimate of drug-likeness (QED) is 0.316.